The first kappa shape index (κ1) is 14.4. The molecule has 0 aliphatic carbocycles. The number of imide groups is 1. The van der Waals surface area contributed by atoms with Gasteiger partial charge in [-0.2, -0.15) is 0 Å². The summed E-state index contributed by atoms with van der Waals surface area (Å²) in [7, 11) is 0. The predicted octanol–water partition coefficient (Wildman–Crippen LogP) is -0.288. The monoisotopic (exact) mass is 232 g/mol. The fourth-order valence-electron chi connectivity index (χ4n) is 0.717. The number of ether oxygens (including phenoxy) is 1. The van der Waals surface area contributed by atoms with Gasteiger partial charge < -0.3 is 15.2 Å². The number of amides is 3. The minimum Gasteiger partial charge on any atom is -0.479 e. The Morgan fingerprint density at radius 3 is 2.50 bits per heavy atom. The number of nitrogens with one attached hydrogen (secondary N) is 2. The maximum atomic E-state index is 11.1. The number of hydrogen-bond donors (Lipinski definition) is 3. The largest absolute Gasteiger partial charge is 0.479 e. The molecule has 0 radical (unpaired) electrons. The highest BCUT2D eigenvalue weighted by molar-refractivity contribution is 5.94. The van der Waals surface area contributed by atoms with E-state index in [0.29, 0.717) is 6.54 Å². The van der Waals surface area contributed by atoms with E-state index in [-0.39, 0.29) is 0 Å². The topological polar surface area (TPSA) is 105 Å². The molecule has 0 aliphatic rings. The van der Waals surface area contributed by atoms with Crippen molar-refractivity contribution in [2.45, 2.75) is 26.4 Å². The number of rotatable bonds is 6. The van der Waals surface area contributed by atoms with Crippen LogP contribution in [-0.2, 0) is 14.3 Å². The summed E-state index contributed by atoms with van der Waals surface area (Å²) in [5, 5.41) is 12.9. The summed E-state index contributed by atoms with van der Waals surface area (Å²) in [6.07, 6.45) is -0.321. The van der Waals surface area contributed by atoms with Crippen LogP contribution >= 0.6 is 0 Å². The second kappa shape index (κ2) is 7.63. The molecular formula is C9H16N2O5. The highest BCUT2D eigenvalue weighted by atomic mass is 16.5. The van der Waals surface area contributed by atoms with E-state index in [2.05, 4.69) is 10.1 Å². The van der Waals surface area contributed by atoms with Gasteiger partial charge in [-0.15, -0.1) is 0 Å². The second-order valence-corrected chi connectivity index (χ2v) is 3.10. The number of carboxylic acid groups (broad SMARTS) is 1. The lowest BCUT2D eigenvalue weighted by atomic mass is 10.4. The molecule has 0 saturated heterocycles. The summed E-state index contributed by atoms with van der Waals surface area (Å²) in [6, 6.07) is -0.613. The summed E-state index contributed by atoms with van der Waals surface area (Å²) >= 11 is 0. The van der Waals surface area contributed by atoms with Crippen LogP contribution in [0.1, 0.15) is 20.3 Å². The van der Waals surface area contributed by atoms with E-state index in [1.165, 1.54) is 6.92 Å². The molecule has 92 valence electrons. The highest BCUT2D eigenvalue weighted by Gasteiger charge is 2.14. The number of carboxylic acids is 1. The molecule has 0 saturated carbocycles. The Bertz CT molecular complexity index is 267. The smallest absolute Gasteiger partial charge is 0.332 e. The van der Waals surface area contributed by atoms with Gasteiger partial charge in [0.05, 0.1) is 0 Å². The Hall–Kier alpha value is -1.63. The standard InChI is InChI=1S/C9H16N2O5/c1-3-4-10-9(15)11-7(12)5-16-6(2)8(13)14/h6H,3-5H2,1-2H3,(H,13,14)(H2,10,11,12,15)/t6-/m0/s1. The Morgan fingerprint density at radius 2 is 2.00 bits per heavy atom. The molecule has 0 aliphatic heterocycles. The van der Waals surface area contributed by atoms with Gasteiger partial charge >= 0.3 is 12.0 Å². The zero-order valence-corrected chi connectivity index (χ0v) is 9.28. The number of carbonyl (C=O) groups excluding carboxylic acids is 2. The summed E-state index contributed by atoms with van der Waals surface area (Å²) in [6.45, 7) is 3.17. The van der Waals surface area contributed by atoms with Gasteiger partial charge in [0.25, 0.3) is 5.91 Å². The molecule has 7 heteroatoms. The number of carbonyl (C=O) groups is 3. The summed E-state index contributed by atoms with van der Waals surface area (Å²) in [4.78, 5) is 32.4. The van der Waals surface area contributed by atoms with Crippen LogP contribution in [-0.4, -0.2) is 42.3 Å². The second-order valence-electron chi connectivity index (χ2n) is 3.10. The lowest BCUT2D eigenvalue weighted by molar-refractivity contribution is -0.150. The molecule has 1 atom stereocenters. The Labute approximate surface area is 93.2 Å². The van der Waals surface area contributed by atoms with Crippen LogP contribution in [0.5, 0.6) is 0 Å². The Balaban J connectivity index is 3.74. The van der Waals surface area contributed by atoms with Crippen LogP contribution in [0.3, 0.4) is 0 Å². The van der Waals surface area contributed by atoms with E-state index in [0.717, 1.165) is 6.42 Å². The minimum atomic E-state index is -1.16. The van der Waals surface area contributed by atoms with Gasteiger partial charge in [0.1, 0.15) is 6.61 Å². The van der Waals surface area contributed by atoms with Gasteiger partial charge in [0.15, 0.2) is 6.10 Å². The average Bonchev–Trinajstić information content (AvgIpc) is 2.22. The van der Waals surface area contributed by atoms with E-state index >= 15 is 0 Å². The van der Waals surface area contributed by atoms with Crippen molar-refractivity contribution in [1.82, 2.24) is 10.6 Å². The Kier molecular flexibility index (Phi) is 6.86. The van der Waals surface area contributed by atoms with Crippen molar-refractivity contribution in [3.05, 3.63) is 0 Å². The molecule has 0 bridgehead atoms. The number of hydrogen-bond acceptors (Lipinski definition) is 4. The van der Waals surface area contributed by atoms with Crippen LogP contribution in [0, 0.1) is 0 Å². The fourth-order valence-corrected chi connectivity index (χ4v) is 0.717. The van der Waals surface area contributed by atoms with Crippen molar-refractivity contribution >= 4 is 17.9 Å². The van der Waals surface area contributed by atoms with E-state index in [4.69, 9.17) is 5.11 Å². The van der Waals surface area contributed by atoms with Crippen molar-refractivity contribution in [1.29, 1.82) is 0 Å². The predicted molar refractivity (Wildman–Crippen MR) is 54.9 cm³/mol. The fraction of sp³-hybridized carbons (Fsp3) is 0.667. The van der Waals surface area contributed by atoms with Crippen molar-refractivity contribution in [3.63, 3.8) is 0 Å². The summed E-state index contributed by atoms with van der Waals surface area (Å²) in [5.41, 5.74) is 0. The van der Waals surface area contributed by atoms with Gasteiger partial charge in [-0.05, 0) is 13.3 Å². The minimum absolute atomic E-state index is 0.464. The summed E-state index contributed by atoms with van der Waals surface area (Å²) < 4.78 is 4.68. The van der Waals surface area contributed by atoms with Crippen molar-refractivity contribution < 1.29 is 24.2 Å². The quantitative estimate of drug-likeness (QED) is 0.583. The molecule has 0 heterocycles. The van der Waals surface area contributed by atoms with Crippen molar-refractivity contribution in [3.8, 4) is 0 Å². The first-order chi connectivity index (χ1) is 7.47. The average molecular weight is 232 g/mol. The number of aliphatic carboxylic acids is 1. The molecule has 3 N–H and O–H groups in total. The van der Waals surface area contributed by atoms with E-state index < -0.39 is 30.6 Å². The first-order valence-corrected chi connectivity index (χ1v) is 4.89. The molecule has 0 aromatic carbocycles. The third-order valence-corrected chi connectivity index (χ3v) is 1.60. The summed E-state index contributed by atoms with van der Waals surface area (Å²) in [5.74, 6) is -1.84. The van der Waals surface area contributed by atoms with Crippen LogP contribution in [0.4, 0.5) is 4.79 Å². The van der Waals surface area contributed by atoms with Crippen molar-refractivity contribution in [2.75, 3.05) is 13.2 Å². The van der Waals surface area contributed by atoms with Crippen LogP contribution < -0.4 is 10.6 Å². The lowest BCUT2D eigenvalue weighted by Crippen LogP contribution is -2.42. The van der Waals surface area contributed by atoms with E-state index in [1.54, 1.807) is 0 Å². The molecule has 0 fully saturated rings. The molecule has 0 unspecified atom stereocenters. The van der Waals surface area contributed by atoms with Gasteiger partial charge in [0, 0.05) is 6.54 Å². The van der Waals surface area contributed by atoms with Crippen molar-refractivity contribution in [2.24, 2.45) is 0 Å². The van der Waals surface area contributed by atoms with Gasteiger partial charge in [-0.1, -0.05) is 6.92 Å². The molecule has 16 heavy (non-hydrogen) atoms. The molecule has 0 rings (SSSR count). The normalized spacial score (nSPS) is 11.6. The van der Waals surface area contributed by atoms with Gasteiger partial charge in [-0.3, -0.25) is 10.1 Å². The molecule has 0 aromatic heterocycles. The maximum absolute atomic E-state index is 11.1. The first-order valence-electron chi connectivity index (χ1n) is 4.89. The third kappa shape index (κ3) is 6.77. The molecular weight excluding hydrogens is 216 g/mol. The molecule has 3 amide bonds. The lowest BCUT2D eigenvalue weighted by Gasteiger charge is -2.08. The zero-order valence-electron chi connectivity index (χ0n) is 9.28. The Morgan fingerprint density at radius 1 is 1.38 bits per heavy atom. The van der Waals surface area contributed by atoms with E-state index in [1.807, 2.05) is 12.2 Å². The molecule has 0 spiro atoms. The van der Waals surface area contributed by atoms with Gasteiger partial charge in [-0.25, -0.2) is 9.59 Å². The zero-order chi connectivity index (χ0) is 12.6. The molecule has 0 aromatic rings. The van der Waals surface area contributed by atoms with Crippen LogP contribution in [0.2, 0.25) is 0 Å². The van der Waals surface area contributed by atoms with E-state index in [9.17, 15) is 14.4 Å². The SMILES string of the molecule is CCCNC(=O)NC(=O)CO[C@@H](C)C(=O)O. The third-order valence-electron chi connectivity index (χ3n) is 1.60. The van der Waals surface area contributed by atoms with Crippen LogP contribution in [0.25, 0.3) is 0 Å². The maximum Gasteiger partial charge on any atom is 0.332 e. The van der Waals surface area contributed by atoms with Crippen LogP contribution in [0.15, 0.2) is 0 Å². The van der Waals surface area contributed by atoms with Gasteiger partial charge in [0.2, 0.25) is 0 Å². The number of urea groups is 1. The molecule has 7 nitrogen and oxygen atoms in total. The highest BCUT2D eigenvalue weighted by Crippen LogP contribution is 1.89.